The molecule has 18 heavy (non-hydrogen) atoms. The highest BCUT2D eigenvalue weighted by Gasteiger charge is 2.33. The van der Waals surface area contributed by atoms with E-state index in [1.807, 2.05) is 0 Å². The van der Waals surface area contributed by atoms with E-state index >= 15 is 0 Å². The molecular weight excluding hydrogens is 249 g/mol. The third kappa shape index (κ3) is 2.49. The Morgan fingerprint density at radius 1 is 1.33 bits per heavy atom. The number of nitrogens with zero attached hydrogens (tertiary/aromatic N) is 1. The van der Waals surface area contributed by atoms with Crippen molar-refractivity contribution in [1.29, 1.82) is 0 Å². The lowest BCUT2D eigenvalue weighted by Crippen LogP contribution is -2.56. The molecule has 1 aliphatic rings. The molecule has 4 nitrogen and oxygen atoms in total. The molecule has 2 N–H and O–H groups in total. The van der Waals surface area contributed by atoms with Gasteiger partial charge in [-0.25, -0.2) is 4.79 Å². The van der Waals surface area contributed by atoms with Gasteiger partial charge in [-0.3, -0.25) is 4.90 Å². The summed E-state index contributed by atoms with van der Waals surface area (Å²) in [6, 6.07) is 3.71. The van der Waals surface area contributed by atoms with Gasteiger partial charge in [0.15, 0.2) is 6.23 Å². The van der Waals surface area contributed by atoms with Gasteiger partial charge >= 0.3 is 12.2 Å². The Balaban J connectivity index is 2.01. The van der Waals surface area contributed by atoms with Gasteiger partial charge < -0.3 is 10.5 Å². The first-order chi connectivity index (χ1) is 8.38. The molecule has 1 aromatic carbocycles. The van der Waals surface area contributed by atoms with E-state index in [-0.39, 0.29) is 5.75 Å². The van der Waals surface area contributed by atoms with Crippen LogP contribution in [0, 0.1) is 0 Å². The van der Waals surface area contributed by atoms with Gasteiger partial charge in [0.1, 0.15) is 5.75 Å². The maximum absolute atomic E-state index is 12.3. The number of likely N-dealkylation sites (tertiary alicyclic amines) is 1. The van der Waals surface area contributed by atoms with Crippen LogP contribution in [0.5, 0.6) is 5.75 Å². The molecule has 0 spiro atoms. The van der Waals surface area contributed by atoms with Gasteiger partial charge in [-0.05, 0) is 24.3 Å². The zero-order valence-corrected chi connectivity index (χ0v) is 9.28. The van der Waals surface area contributed by atoms with E-state index in [0.29, 0.717) is 13.0 Å². The second kappa shape index (κ2) is 4.40. The Kier molecular flexibility index (Phi) is 3.06. The predicted octanol–water partition coefficient (Wildman–Crippen LogP) is 2.19. The first-order valence-corrected chi connectivity index (χ1v) is 5.28. The Morgan fingerprint density at radius 3 is 2.33 bits per heavy atom. The second-order valence-electron chi connectivity index (χ2n) is 3.91. The fourth-order valence-corrected chi connectivity index (χ4v) is 1.62. The van der Waals surface area contributed by atoms with Crippen LogP contribution in [0.1, 0.15) is 12.0 Å². The number of hydrogen-bond acceptors (Lipinski definition) is 2. The Labute approximate surface area is 101 Å². The number of carbonyl (C=O) groups excluding carboxylic acids is 1. The Bertz CT molecular complexity index is 445. The van der Waals surface area contributed by atoms with Crippen molar-refractivity contribution < 1.29 is 22.7 Å². The maximum atomic E-state index is 12.3. The molecule has 0 radical (unpaired) electrons. The van der Waals surface area contributed by atoms with Crippen LogP contribution in [0.3, 0.4) is 0 Å². The zero-order valence-electron chi connectivity index (χ0n) is 9.28. The maximum Gasteiger partial charge on any atom is 0.416 e. The molecule has 1 atom stereocenters. The van der Waals surface area contributed by atoms with Gasteiger partial charge in [-0.15, -0.1) is 0 Å². The van der Waals surface area contributed by atoms with E-state index in [9.17, 15) is 18.0 Å². The highest BCUT2D eigenvalue weighted by molar-refractivity contribution is 5.73. The van der Waals surface area contributed by atoms with Crippen LogP contribution >= 0.6 is 0 Å². The Morgan fingerprint density at radius 2 is 1.94 bits per heavy atom. The topological polar surface area (TPSA) is 55.6 Å². The first kappa shape index (κ1) is 12.5. The molecule has 2 rings (SSSR count). The standard InChI is InChI=1S/C11H11F3N2O2/c12-11(13,14)7-1-3-8(4-2-7)18-9-5-6-16(9)10(15)17/h1-4,9H,5-6H2,(H2,15,17). The molecule has 0 saturated carbocycles. The lowest BCUT2D eigenvalue weighted by Gasteiger charge is -2.39. The predicted molar refractivity (Wildman–Crippen MR) is 56.8 cm³/mol. The summed E-state index contributed by atoms with van der Waals surface area (Å²) < 4.78 is 42.3. The molecule has 1 fully saturated rings. The summed E-state index contributed by atoms with van der Waals surface area (Å²) in [4.78, 5) is 12.2. The molecule has 1 unspecified atom stereocenters. The van der Waals surface area contributed by atoms with Crippen molar-refractivity contribution >= 4 is 6.03 Å². The number of rotatable bonds is 2. The molecule has 1 saturated heterocycles. The van der Waals surface area contributed by atoms with Gasteiger partial charge in [-0.2, -0.15) is 13.2 Å². The fourth-order valence-electron chi connectivity index (χ4n) is 1.62. The molecule has 7 heteroatoms. The summed E-state index contributed by atoms with van der Waals surface area (Å²) in [5, 5.41) is 0. The summed E-state index contributed by atoms with van der Waals surface area (Å²) >= 11 is 0. The van der Waals surface area contributed by atoms with Crippen LogP contribution in [0.2, 0.25) is 0 Å². The number of alkyl halides is 3. The van der Waals surface area contributed by atoms with E-state index in [0.717, 1.165) is 12.1 Å². The van der Waals surface area contributed by atoms with Gasteiger partial charge in [0, 0.05) is 13.0 Å². The van der Waals surface area contributed by atoms with Crippen molar-refractivity contribution in [1.82, 2.24) is 4.90 Å². The molecule has 1 heterocycles. The summed E-state index contributed by atoms with van der Waals surface area (Å²) in [6.45, 7) is 0.501. The minimum absolute atomic E-state index is 0.277. The number of primary amides is 1. The van der Waals surface area contributed by atoms with E-state index in [2.05, 4.69) is 0 Å². The number of urea groups is 1. The molecule has 0 aromatic heterocycles. The van der Waals surface area contributed by atoms with Crippen molar-refractivity contribution in [3.8, 4) is 5.75 Å². The van der Waals surface area contributed by atoms with Crippen LogP contribution < -0.4 is 10.5 Å². The molecule has 2 amide bonds. The number of carbonyl (C=O) groups is 1. The van der Waals surface area contributed by atoms with Crippen LogP contribution in [0.25, 0.3) is 0 Å². The molecule has 1 aliphatic heterocycles. The lowest BCUT2D eigenvalue weighted by atomic mass is 10.2. The lowest BCUT2D eigenvalue weighted by molar-refractivity contribution is -0.137. The molecule has 0 aliphatic carbocycles. The normalized spacial score (nSPS) is 19.3. The molecule has 98 valence electrons. The quantitative estimate of drug-likeness (QED) is 0.886. The van der Waals surface area contributed by atoms with Gasteiger partial charge in [0.05, 0.1) is 5.56 Å². The SMILES string of the molecule is NC(=O)N1CCC1Oc1ccc(C(F)(F)F)cc1. The van der Waals surface area contributed by atoms with Crippen molar-refractivity contribution in [3.63, 3.8) is 0 Å². The second-order valence-corrected chi connectivity index (χ2v) is 3.91. The summed E-state index contributed by atoms with van der Waals surface area (Å²) in [5.74, 6) is 0.277. The summed E-state index contributed by atoms with van der Waals surface area (Å²) in [6.07, 6.45) is -4.24. The van der Waals surface area contributed by atoms with Crippen LogP contribution in [-0.2, 0) is 6.18 Å². The average Bonchev–Trinajstić information content (AvgIpc) is 2.23. The number of benzene rings is 1. The minimum Gasteiger partial charge on any atom is -0.470 e. The number of nitrogens with two attached hydrogens (primary N) is 1. The number of amides is 2. The van der Waals surface area contributed by atoms with E-state index in [4.69, 9.17) is 10.5 Å². The summed E-state index contributed by atoms with van der Waals surface area (Å²) in [7, 11) is 0. The average molecular weight is 260 g/mol. The van der Waals surface area contributed by atoms with Crippen LogP contribution in [-0.4, -0.2) is 23.7 Å². The van der Waals surface area contributed by atoms with Gasteiger partial charge in [0.25, 0.3) is 0 Å². The molecule has 1 aromatic rings. The minimum atomic E-state index is -4.37. The van der Waals surface area contributed by atoms with E-state index < -0.39 is 24.0 Å². The number of halogens is 3. The largest absolute Gasteiger partial charge is 0.470 e. The van der Waals surface area contributed by atoms with Crippen LogP contribution in [0.4, 0.5) is 18.0 Å². The van der Waals surface area contributed by atoms with E-state index in [1.54, 1.807) is 0 Å². The number of hydrogen-bond donors (Lipinski definition) is 1. The highest BCUT2D eigenvalue weighted by atomic mass is 19.4. The monoisotopic (exact) mass is 260 g/mol. The fraction of sp³-hybridized carbons (Fsp3) is 0.364. The van der Waals surface area contributed by atoms with Crippen molar-refractivity contribution in [2.24, 2.45) is 5.73 Å². The number of ether oxygens (including phenoxy) is 1. The highest BCUT2D eigenvalue weighted by Crippen LogP contribution is 2.31. The van der Waals surface area contributed by atoms with Gasteiger partial charge in [-0.1, -0.05) is 0 Å². The third-order valence-electron chi connectivity index (χ3n) is 2.70. The van der Waals surface area contributed by atoms with Gasteiger partial charge in [0.2, 0.25) is 0 Å². The third-order valence-corrected chi connectivity index (χ3v) is 2.70. The molecule has 0 bridgehead atoms. The van der Waals surface area contributed by atoms with Crippen molar-refractivity contribution in [2.75, 3.05) is 6.54 Å². The van der Waals surface area contributed by atoms with Crippen molar-refractivity contribution in [2.45, 2.75) is 18.8 Å². The smallest absolute Gasteiger partial charge is 0.416 e. The van der Waals surface area contributed by atoms with E-state index in [1.165, 1.54) is 17.0 Å². The zero-order chi connectivity index (χ0) is 13.3. The molecular formula is C11H11F3N2O2. The van der Waals surface area contributed by atoms with Crippen molar-refractivity contribution in [3.05, 3.63) is 29.8 Å². The van der Waals surface area contributed by atoms with Crippen LogP contribution in [0.15, 0.2) is 24.3 Å². The summed E-state index contributed by atoms with van der Waals surface area (Å²) in [5.41, 5.74) is 4.34. The Hall–Kier alpha value is -1.92. The first-order valence-electron chi connectivity index (χ1n) is 5.28.